The molecule has 2 aromatic carbocycles. The van der Waals surface area contributed by atoms with E-state index in [0.29, 0.717) is 10.8 Å². The second kappa shape index (κ2) is 7.05. The van der Waals surface area contributed by atoms with Crippen LogP contribution in [0.2, 0.25) is 5.02 Å². The predicted molar refractivity (Wildman–Crippen MR) is 95.6 cm³/mol. The van der Waals surface area contributed by atoms with Crippen molar-refractivity contribution in [2.24, 2.45) is 0 Å². The molecular weight excluding hydrogens is 310 g/mol. The number of benzene rings is 2. The summed E-state index contributed by atoms with van der Waals surface area (Å²) in [6, 6.07) is 9.47. The van der Waals surface area contributed by atoms with Gasteiger partial charge in [0.1, 0.15) is 5.75 Å². The number of amides is 1. The van der Waals surface area contributed by atoms with E-state index in [-0.39, 0.29) is 5.91 Å². The van der Waals surface area contributed by atoms with Crippen LogP contribution >= 0.6 is 11.6 Å². The van der Waals surface area contributed by atoms with E-state index < -0.39 is 6.10 Å². The van der Waals surface area contributed by atoms with Gasteiger partial charge in [-0.25, -0.2) is 0 Å². The standard InChI is InChI=1S/C19H22ClNO2/c1-11-8-13(3)18(14(4)9-11)21-19(22)15(5)23-16-6-7-17(20)12(2)10-16/h6-10,15H,1-5H3,(H,21,22)/t15-/m1/s1. The fourth-order valence-corrected chi connectivity index (χ4v) is 2.67. The van der Waals surface area contributed by atoms with Crippen LogP contribution in [0, 0.1) is 27.7 Å². The molecule has 0 aromatic heterocycles. The maximum Gasteiger partial charge on any atom is 0.265 e. The van der Waals surface area contributed by atoms with Crippen LogP contribution in [0.3, 0.4) is 0 Å². The van der Waals surface area contributed by atoms with Gasteiger partial charge in [0.15, 0.2) is 6.10 Å². The van der Waals surface area contributed by atoms with Crippen molar-refractivity contribution in [3.05, 3.63) is 57.6 Å². The maximum absolute atomic E-state index is 12.4. The second-order valence-corrected chi connectivity index (χ2v) is 6.34. The molecule has 3 nitrogen and oxygen atoms in total. The van der Waals surface area contributed by atoms with Crippen molar-refractivity contribution in [1.29, 1.82) is 0 Å². The highest BCUT2D eigenvalue weighted by atomic mass is 35.5. The largest absolute Gasteiger partial charge is 0.481 e. The minimum absolute atomic E-state index is 0.173. The average Bonchev–Trinajstić information content (AvgIpc) is 2.46. The minimum Gasteiger partial charge on any atom is -0.481 e. The Labute approximate surface area is 142 Å². The summed E-state index contributed by atoms with van der Waals surface area (Å²) in [5.41, 5.74) is 5.04. The van der Waals surface area contributed by atoms with Gasteiger partial charge in [-0.1, -0.05) is 29.3 Å². The molecule has 4 heteroatoms. The quantitative estimate of drug-likeness (QED) is 0.858. The Morgan fingerprint density at radius 3 is 2.22 bits per heavy atom. The summed E-state index contributed by atoms with van der Waals surface area (Å²) in [7, 11) is 0. The van der Waals surface area contributed by atoms with Crippen molar-refractivity contribution in [3.63, 3.8) is 0 Å². The Hall–Kier alpha value is -2.00. The number of carbonyl (C=O) groups is 1. The first-order valence-electron chi connectivity index (χ1n) is 7.59. The molecule has 1 N–H and O–H groups in total. The van der Waals surface area contributed by atoms with Crippen molar-refractivity contribution in [2.45, 2.75) is 40.7 Å². The number of hydrogen-bond donors (Lipinski definition) is 1. The van der Waals surface area contributed by atoms with Gasteiger partial charge >= 0.3 is 0 Å². The fourth-order valence-electron chi connectivity index (χ4n) is 2.55. The topological polar surface area (TPSA) is 38.3 Å². The van der Waals surface area contributed by atoms with E-state index in [4.69, 9.17) is 16.3 Å². The molecule has 0 heterocycles. The van der Waals surface area contributed by atoms with Gasteiger partial charge in [0.2, 0.25) is 0 Å². The Balaban J connectivity index is 2.10. The summed E-state index contributed by atoms with van der Waals surface area (Å²) in [6.07, 6.45) is -0.601. The first-order valence-corrected chi connectivity index (χ1v) is 7.97. The summed E-state index contributed by atoms with van der Waals surface area (Å²) >= 11 is 6.00. The lowest BCUT2D eigenvalue weighted by atomic mass is 10.0. The molecule has 0 aliphatic carbocycles. The van der Waals surface area contributed by atoms with Crippen LogP contribution < -0.4 is 10.1 Å². The van der Waals surface area contributed by atoms with Crippen LogP contribution in [0.5, 0.6) is 5.75 Å². The number of nitrogens with one attached hydrogen (secondary N) is 1. The molecule has 2 aromatic rings. The molecule has 0 spiro atoms. The Morgan fingerprint density at radius 2 is 1.65 bits per heavy atom. The van der Waals surface area contributed by atoms with E-state index in [1.54, 1.807) is 19.1 Å². The molecule has 1 atom stereocenters. The lowest BCUT2D eigenvalue weighted by molar-refractivity contribution is -0.122. The SMILES string of the molecule is Cc1cc(C)c(NC(=O)[C@@H](C)Oc2ccc(Cl)c(C)c2)c(C)c1. The van der Waals surface area contributed by atoms with E-state index in [0.717, 1.165) is 22.4 Å². The molecule has 0 bridgehead atoms. The lowest BCUT2D eigenvalue weighted by Crippen LogP contribution is -2.30. The molecule has 122 valence electrons. The van der Waals surface area contributed by atoms with E-state index >= 15 is 0 Å². The molecule has 1 amide bonds. The summed E-state index contributed by atoms with van der Waals surface area (Å²) in [5.74, 6) is 0.458. The predicted octanol–water partition coefficient (Wildman–Crippen LogP) is 4.98. The number of carbonyl (C=O) groups excluding carboxylic acids is 1. The summed E-state index contributed by atoms with van der Waals surface area (Å²) < 4.78 is 5.72. The smallest absolute Gasteiger partial charge is 0.265 e. The summed E-state index contributed by atoms with van der Waals surface area (Å²) in [4.78, 5) is 12.4. The van der Waals surface area contributed by atoms with Gasteiger partial charge in [-0.2, -0.15) is 0 Å². The average molecular weight is 332 g/mol. The molecule has 0 saturated carbocycles. The third-order valence-corrected chi connectivity index (χ3v) is 4.16. The Morgan fingerprint density at radius 1 is 1.04 bits per heavy atom. The second-order valence-electron chi connectivity index (χ2n) is 5.93. The van der Waals surface area contributed by atoms with Crippen molar-refractivity contribution >= 4 is 23.2 Å². The van der Waals surface area contributed by atoms with Gasteiger partial charge in [0.25, 0.3) is 5.91 Å². The van der Waals surface area contributed by atoms with Gasteiger partial charge in [0, 0.05) is 10.7 Å². The Kier molecular flexibility index (Phi) is 5.32. The number of hydrogen-bond acceptors (Lipinski definition) is 2. The van der Waals surface area contributed by atoms with Crippen LogP contribution in [-0.2, 0) is 4.79 Å². The molecule has 23 heavy (non-hydrogen) atoms. The minimum atomic E-state index is -0.601. The molecule has 0 radical (unpaired) electrons. The zero-order valence-electron chi connectivity index (χ0n) is 14.2. The molecule has 0 fully saturated rings. The van der Waals surface area contributed by atoms with Crippen molar-refractivity contribution in [3.8, 4) is 5.75 Å². The first kappa shape index (κ1) is 17.4. The van der Waals surface area contributed by atoms with E-state index in [1.807, 2.05) is 33.8 Å². The van der Waals surface area contributed by atoms with Crippen LogP contribution in [0.15, 0.2) is 30.3 Å². The summed E-state index contributed by atoms with van der Waals surface area (Å²) in [5, 5.41) is 3.64. The lowest BCUT2D eigenvalue weighted by Gasteiger charge is -2.18. The number of anilines is 1. The van der Waals surface area contributed by atoms with Crippen LogP contribution in [-0.4, -0.2) is 12.0 Å². The van der Waals surface area contributed by atoms with Crippen molar-refractivity contribution in [2.75, 3.05) is 5.32 Å². The van der Waals surface area contributed by atoms with Gasteiger partial charge in [-0.05, 0) is 69.5 Å². The first-order chi connectivity index (χ1) is 10.8. The molecule has 0 saturated heterocycles. The molecule has 0 aliphatic rings. The number of halogens is 1. The summed E-state index contributed by atoms with van der Waals surface area (Å²) in [6.45, 7) is 9.66. The monoisotopic (exact) mass is 331 g/mol. The maximum atomic E-state index is 12.4. The Bertz CT molecular complexity index is 717. The van der Waals surface area contributed by atoms with Gasteiger partial charge < -0.3 is 10.1 Å². The highest BCUT2D eigenvalue weighted by Crippen LogP contribution is 2.24. The van der Waals surface area contributed by atoms with Gasteiger partial charge in [-0.3, -0.25) is 4.79 Å². The number of aryl methyl sites for hydroxylation is 4. The molecule has 2 rings (SSSR count). The highest BCUT2D eigenvalue weighted by molar-refractivity contribution is 6.31. The van der Waals surface area contributed by atoms with Crippen LogP contribution in [0.25, 0.3) is 0 Å². The van der Waals surface area contributed by atoms with Crippen LogP contribution in [0.4, 0.5) is 5.69 Å². The third-order valence-electron chi connectivity index (χ3n) is 3.74. The third kappa shape index (κ3) is 4.26. The molecule has 0 aliphatic heterocycles. The van der Waals surface area contributed by atoms with Crippen LogP contribution in [0.1, 0.15) is 29.2 Å². The van der Waals surface area contributed by atoms with E-state index in [9.17, 15) is 4.79 Å². The van der Waals surface area contributed by atoms with Gasteiger partial charge in [-0.15, -0.1) is 0 Å². The highest BCUT2D eigenvalue weighted by Gasteiger charge is 2.17. The zero-order chi connectivity index (χ0) is 17.1. The van der Waals surface area contributed by atoms with Crippen molar-refractivity contribution in [1.82, 2.24) is 0 Å². The van der Waals surface area contributed by atoms with Gasteiger partial charge in [0.05, 0.1) is 0 Å². The molecule has 0 unspecified atom stereocenters. The number of ether oxygens (including phenoxy) is 1. The van der Waals surface area contributed by atoms with E-state index in [2.05, 4.69) is 17.4 Å². The fraction of sp³-hybridized carbons (Fsp3) is 0.316. The number of rotatable bonds is 4. The molecular formula is C19H22ClNO2. The zero-order valence-corrected chi connectivity index (χ0v) is 14.9. The van der Waals surface area contributed by atoms with Crippen molar-refractivity contribution < 1.29 is 9.53 Å². The van der Waals surface area contributed by atoms with E-state index in [1.165, 1.54) is 5.56 Å². The normalized spacial score (nSPS) is 11.9.